The number of hydrogen-bond donors (Lipinski definition) is 0. The van der Waals surface area contributed by atoms with Gasteiger partial charge in [0.15, 0.2) is 0 Å². The van der Waals surface area contributed by atoms with Crippen LogP contribution in [0.3, 0.4) is 0 Å². The largest absolute Gasteiger partial charge is 0.468 e. The van der Waals surface area contributed by atoms with E-state index in [0.717, 1.165) is 11.2 Å². The predicted molar refractivity (Wildman–Crippen MR) is 261 cm³/mol. The summed E-state index contributed by atoms with van der Waals surface area (Å²) in [7, 11) is 0. The molecule has 0 radical (unpaired) electrons. The molecule has 3 nitrogen and oxygen atoms in total. The highest BCUT2D eigenvalue weighted by Crippen LogP contribution is 2.63. The molecule has 2 unspecified atom stereocenters. The van der Waals surface area contributed by atoms with E-state index in [1.165, 1.54) is 122 Å². The van der Waals surface area contributed by atoms with Gasteiger partial charge in [-0.1, -0.05) is 138 Å². The Balaban J connectivity index is 1.31. The van der Waals surface area contributed by atoms with Crippen molar-refractivity contribution in [1.82, 2.24) is 0 Å². The molecule has 0 N–H and O–H groups in total. The molecule has 11 rings (SSSR count). The molecule has 0 bridgehead atoms. The van der Waals surface area contributed by atoms with Gasteiger partial charge < -0.3 is 14.2 Å². The molecule has 5 aromatic carbocycles. The lowest BCUT2D eigenvalue weighted by Crippen LogP contribution is -2.64. The van der Waals surface area contributed by atoms with Crippen LogP contribution in [0.4, 0.5) is 28.4 Å². The Morgan fingerprint density at radius 3 is 1.95 bits per heavy atom. The van der Waals surface area contributed by atoms with Gasteiger partial charge in [-0.3, -0.25) is 0 Å². The van der Waals surface area contributed by atoms with E-state index < -0.39 is 0 Å². The molecule has 3 aliphatic heterocycles. The van der Waals surface area contributed by atoms with Gasteiger partial charge in [-0.2, -0.15) is 0 Å². The molecule has 4 heteroatoms. The Hall–Kier alpha value is -4.70. The van der Waals surface area contributed by atoms with Gasteiger partial charge in [0.2, 0.25) is 0 Å². The molecule has 0 amide bonds. The minimum absolute atomic E-state index is 0.00742. The summed E-state index contributed by atoms with van der Waals surface area (Å²) in [6.07, 6.45) is 7.25. The molecule has 1 fully saturated rings. The number of aryl methyl sites for hydroxylation is 1. The van der Waals surface area contributed by atoms with E-state index in [-0.39, 0.29) is 39.3 Å². The average molecular weight is 805 g/mol. The number of rotatable bonds is 2. The number of benzene rings is 5. The lowest BCUT2D eigenvalue weighted by atomic mass is 9.35. The summed E-state index contributed by atoms with van der Waals surface area (Å²) in [5, 5.41) is 1.23. The van der Waals surface area contributed by atoms with E-state index in [2.05, 4.69) is 185 Å². The van der Waals surface area contributed by atoms with Crippen LogP contribution in [0.5, 0.6) is 0 Å². The molecule has 0 saturated heterocycles. The third-order valence-electron chi connectivity index (χ3n) is 16.8. The van der Waals surface area contributed by atoms with Gasteiger partial charge in [-0.25, -0.2) is 0 Å². The molecule has 5 aliphatic rings. The zero-order chi connectivity index (χ0) is 43.0. The summed E-state index contributed by atoms with van der Waals surface area (Å²) >= 11 is 0. The Bertz CT molecular complexity index is 2850. The van der Waals surface area contributed by atoms with Gasteiger partial charge in [-0.15, -0.1) is 0 Å². The van der Waals surface area contributed by atoms with Crippen LogP contribution in [0.2, 0.25) is 0 Å². The Labute approximate surface area is 366 Å². The van der Waals surface area contributed by atoms with Crippen molar-refractivity contribution in [3.63, 3.8) is 0 Å². The summed E-state index contributed by atoms with van der Waals surface area (Å²) in [5.74, 6) is 0. The quantitative estimate of drug-likeness (QED) is 0.162. The highest BCUT2D eigenvalue weighted by molar-refractivity contribution is 7.00. The topological polar surface area (TPSA) is 19.6 Å². The molecule has 0 spiro atoms. The molecular formula is C57H65BN2O. The first-order valence-corrected chi connectivity index (χ1v) is 23.4. The molecule has 4 heterocycles. The molecule has 2 atom stereocenters. The van der Waals surface area contributed by atoms with Gasteiger partial charge in [0.25, 0.3) is 6.71 Å². The van der Waals surface area contributed by atoms with E-state index in [9.17, 15) is 0 Å². The fraction of sp³-hybridized carbons (Fsp3) is 0.439. The molecule has 2 aliphatic carbocycles. The van der Waals surface area contributed by atoms with Crippen LogP contribution in [-0.2, 0) is 27.1 Å². The summed E-state index contributed by atoms with van der Waals surface area (Å²) in [6.45, 7) is 31.5. The number of furan rings is 1. The fourth-order valence-electron chi connectivity index (χ4n) is 12.7. The minimum Gasteiger partial charge on any atom is -0.468 e. The van der Waals surface area contributed by atoms with Crippen LogP contribution in [0, 0.1) is 6.92 Å². The fourth-order valence-corrected chi connectivity index (χ4v) is 12.7. The van der Waals surface area contributed by atoms with Gasteiger partial charge in [-0.05, 0) is 147 Å². The Kier molecular flexibility index (Phi) is 7.88. The summed E-state index contributed by atoms with van der Waals surface area (Å²) in [5.41, 5.74) is 22.5. The number of hydrogen-bond acceptors (Lipinski definition) is 3. The first kappa shape index (κ1) is 39.2. The van der Waals surface area contributed by atoms with Crippen LogP contribution in [0.1, 0.15) is 155 Å². The zero-order valence-electron chi connectivity index (χ0n) is 39.2. The van der Waals surface area contributed by atoms with Crippen molar-refractivity contribution in [2.24, 2.45) is 0 Å². The number of fused-ring (bicyclic) bond motifs is 10. The van der Waals surface area contributed by atoms with Crippen LogP contribution in [0.15, 0.2) is 89.3 Å². The summed E-state index contributed by atoms with van der Waals surface area (Å²) < 4.78 is 7.66. The third kappa shape index (κ3) is 5.23. The van der Waals surface area contributed by atoms with Crippen molar-refractivity contribution in [3.8, 4) is 11.1 Å². The monoisotopic (exact) mass is 805 g/mol. The van der Waals surface area contributed by atoms with E-state index >= 15 is 0 Å². The van der Waals surface area contributed by atoms with Crippen LogP contribution in [0.25, 0.3) is 22.1 Å². The maximum Gasteiger partial charge on any atom is 0.297 e. The first-order chi connectivity index (χ1) is 28.6. The highest BCUT2D eigenvalue weighted by Gasteiger charge is 2.62. The van der Waals surface area contributed by atoms with Gasteiger partial charge in [0, 0.05) is 33.4 Å². The van der Waals surface area contributed by atoms with Crippen LogP contribution in [-0.4, -0.2) is 12.3 Å². The standard InChI is InChI=1S/C57H65BN2O/c1-34-27-45-48-46(28-34)60-50-42(56(12)23-17-18-24-57(56,60)13)30-37(53(5,6)7)31-43(50)58(48)51-49(39-32-40-41(33-47(39)61-51)55(10,11)26-25-54(40,8)9)59(45)44-22-21-36(52(2,3)4)29-38(44)35-19-15-14-16-20-35/h14-16,19-22,27-33H,17-18,23-26H2,1-13H3. The lowest BCUT2D eigenvalue weighted by molar-refractivity contribution is 0.195. The zero-order valence-corrected chi connectivity index (χ0v) is 39.2. The molecule has 1 saturated carbocycles. The highest BCUT2D eigenvalue weighted by atomic mass is 16.3. The number of nitrogens with zero attached hydrogens (tertiary/aromatic N) is 2. The molecule has 1 aromatic heterocycles. The third-order valence-corrected chi connectivity index (χ3v) is 16.8. The first-order valence-electron chi connectivity index (χ1n) is 23.4. The van der Waals surface area contributed by atoms with Crippen LogP contribution < -0.4 is 26.4 Å². The predicted octanol–water partition coefficient (Wildman–Crippen LogP) is 13.7. The smallest absolute Gasteiger partial charge is 0.297 e. The molecule has 6 aromatic rings. The van der Waals surface area contributed by atoms with E-state index in [0.29, 0.717) is 0 Å². The minimum atomic E-state index is -0.0515. The van der Waals surface area contributed by atoms with Crippen LogP contribution >= 0.6 is 0 Å². The van der Waals surface area contributed by atoms with Gasteiger partial charge >= 0.3 is 0 Å². The van der Waals surface area contributed by atoms with Crippen molar-refractivity contribution in [2.45, 2.75) is 161 Å². The van der Waals surface area contributed by atoms with E-state index in [1.807, 2.05) is 0 Å². The molecule has 61 heavy (non-hydrogen) atoms. The van der Waals surface area contributed by atoms with Crippen molar-refractivity contribution < 1.29 is 4.42 Å². The maximum absolute atomic E-state index is 7.66. The van der Waals surface area contributed by atoms with Gasteiger partial charge in [0.1, 0.15) is 5.58 Å². The lowest BCUT2D eigenvalue weighted by Gasteiger charge is -2.52. The average Bonchev–Trinajstić information content (AvgIpc) is 3.67. The van der Waals surface area contributed by atoms with Crippen molar-refractivity contribution in [1.29, 1.82) is 0 Å². The van der Waals surface area contributed by atoms with E-state index in [1.54, 1.807) is 5.56 Å². The SMILES string of the molecule is Cc1cc2c3c(c1)N1c4c(cc(C(C)(C)C)cc4C4(C)CCCCC14C)B3c1oc3cc4c(cc3c1N2c1ccc(C(C)(C)C)cc1-c1ccccc1)C(C)(C)CCC4(C)C. The maximum atomic E-state index is 7.66. The van der Waals surface area contributed by atoms with E-state index in [4.69, 9.17) is 4.42 Å². The van der Waals surface area contributed by atoms with Crippen molar-refractivity contribution in [2.75, 3.05) is 9.80 Å². The summed E-state index contributed by atoms with van der Waals surface area (Å²) in [6, 6.07) is 33.7. The Morgan fingerprint density at radius 1 is 0.607 bits per heavy atom. The second-order valence-electron chi connectivity index (χ2n) is 23.7. The normalized spacial score (nSPS) is 23.1. The second-order valence-corrected chi connectivity index (χ2v) is 23.7. The Morgan fingerprint density at radius 2 is 1.26 bits per heavy atom. The van der Waals surface area contributed by atoms with Gasteiger partial charge in [0.05, 0.1) is 22.6 Å². The summed E-state index contributed by atoms with van der Waals surface area (Å²) in [4.78, 5) is 5.52. The van der Waals surface area contributed by atoms with Crippen molar-refractivity contribution in [3.05, 3.63) is 118 Å². The molecule has 312 valence electrons. The second kappa shape index (κ2) is 12.3. The van der Waals surface area contributed by atoms with Crippen molar-refractivity contribution >= 4 is 62.7 Å². The number of anilines is 5. The molecular weight excluding hydrogens is 739 g/mol.